The summed E-state index contributed by atoms with van der Waals surface area (Å²) in [6, 6.07) is 24.7. The minimum Gasteiger partial charge on any atom is -0.497 e. The van der Waals surface area contributed by atoms with Crippen LogP contribution in [-0.4, -0.2) is 52.4 Å². The molecule has 9 nitrogen and oxygen atoms in total. The van der Waals surface area contributed by atoms with Crippen molar-refractivity contribution in [1.82, 2.24) is 9.88 Å². The van der Waals surface area contributed by atoms with Crippen LogP contribution in [0.1, 0.15) is 67.2 Å². The Morgan fingerprint density at radius 2 is 1.75 bits per heavy atom. The number of ether oxygens (including phenoxy) is 3. The molecule has 9 heteroatoms. The van der Waals surface area contributed by atoms with Gasteiger partial charge in [0.05, 0.1) is 19.8 Å². The number of carbonyl (C=O) groups excluding carboxylic acids is 1. The highest BCUT2D eigenvalue weighted by Gasteiger charge is 2.43. The number of methoxy groups -OCH3 is 1. The predicted octanol–water partition coefficient (Wildman–Crippen LogP) is 8.16. The number of oxazole rings is 1. The van der Waals surface area contributed by atoms with Crippen LogP contribution in [0, 0.1) is 19.8 Å². The Hall–Kier alpha value is -4.63. The summed E-state index contributed by atoms with van der Waals surface area (Å²) in [7, 11) is 1.59. The zero-order valence-electron chi connectivity index (χ0n) is 28.3. The molecule has 0 saturated heterocycles. The highest BCUT2D eigenvalue weighted by Crippen LogP contribution is 2.32. The molecule has 1 heterocycles. The highest BCUT2D eigenvalue weighted by atomic mass is 16.6. The average Bonchev–Trinajstić information content (AvgIpc) is 3.47. The van der Waals surface area contributed by atoms with Crippen LogP contribution in [0.4, 0.5) is 4.79 Å². The summed E-state index contributed by atoms with van der Waals surface area (Å²) in [6.45, 7) is 6.18. The lowest BCUT2D eigenvalue weighted by molar-refractivity contribution is -0.149. The van der Waals surface area contributed by atoms with Gasteiger partial charge in [0, 0.05) is 18.5 Å². The van der Waals surface area contributed by atoms with Crippen molar-refractivity contribution < 1.29 is 33.3 Å². The molecule has 0 radical (unpaired) electrons. The van der Waals surface area contributed by atoms with E-state index in [1.54, 1.807) is 26.2 Å². The van der Waals surface area contributed by atoms with Crippen LogP contribution in [0.25, 0.3) is 11.5 Å². The van der Waals surface area contributed by atoms with E-state index in [1.807, 2.05) is 74.5 Å². The molecule has 0 spiro atoms. The van der Waals surface area contributed by atoms with E-state index in [9.17, 15) is 14.7 Å². The Labute approximate surface area is 282 Å². The molecule has 3 aromatic carbocycles. The molecular weight excluding hydrogens is 608 g/mol. The number of aromatic nitrogens is 1. The number of hydrogen-bond donors (Lipinski definition) is 1. The first-order valence-electron chi connectivity index (χ1n) is 16.6. The quantitative estimate of drug-likeness (QED) is 0.145. The lowest BCUT2D eigenvalue weighted by Gasteiger charge is -2.39. The molecule has 254 valence electrons. The topological polar surface area (TPSA) is 111 Å². The minimum absolute atomic E-state index is 0.0206. The third kappa shape index (κ3) is 8.83. The molecule has 3 atom stereocenters. The Balaban J connectivity index is 1.24. The van der Waals surface area contributed by atoms with Crippen molar-refractivity contribution in [2.75, 3.05) is 13.7 Å². The zero-order chi connectivity index (χ0) is 34.1. The maximum absolute atomic E-state index is 13.7. The summed E-state index contributed by atoms with van der Waals surface area (Å²) in [4.78, 5) is 32.7. The number of carboxylic acid groups (broad SMARTS) is 1. The van der Waals surface area contributed by atoms with E-state index in [-0.39, 0.29) is 31.6 Å². The number of nitrogens with zero attached hydrogens (tertiary/aromatic N) is 2. The van der Waals surface area contributed by atoms with E-state index in [0.717, 1.165) is 59.4 Å². The van der Waals surface area contributed by atoms with Crippen LogP contribution in [0.15, 0.2) is 83.3 Å². The second-order valence-corrected chi connectivity index (χ2v) is 12.9. The molecule has 1 N–H and O–H groups in total. The molecule has 1 fully saturated rings. The van der Waals surface area contributed by atoms with Gasteiger partial charge in [-0.1, -0.05) is 73.0 Å². The number of carbonyl (C=O) groups is 2. The molecule has 0 aliphatic heterocycles. The standard InChI is InChI=1S/C39H46N2O7/c1-27-10-8-14-32(22-27)36-40-35(28(2)48-36)26-46-34-15-9-13-29(23-34)20-21-41(38(44)47-25-31-16-18-33(45-4)19-17-31)39(3,37(42)43)24-30-11-6-5-7-12-30/h5-8,10-12,14,16-19,22,29,34H,9,13,15,20-21,23-26H2,1-4H3,(H,42,43). The maximum Gasteiger partial charge on any atom is 0.411 e. The molecule has 0 bridgehead atoms. The van der Waals surface area contributed by atoms with Crippen molar-refractivity contribution in [2.24, 2.45) is 5.92 Å². The Morgan fingerprint density at radius 3 is 2.46 bits per heavy atom. The van der Waals surface area contributed by atoms with Gasteiger partial charge in [-0.15, -0.1) is 0 Å². The van der Waals surface area contributed by atoms with Gasteiger partial charge in [0.15, 0.2) is 0 Å². The van der Waals surface area contributed by atoms with Crippen LogP contribution in [0.3, 0.4) is 0 Å². The molecule has 3 unspecified atom stereocenters. The molecule has 1 aromatic heterocycles. The third-order valence-corrected chi connectivity index (χ3v) is 9.30. The second kappa shape index (κ2) is 16.0. The lowest BCUT2D eigenvalue weighted by Crippen LogP contribution is -2.57. The summed E-state index contributed by atoms with van der Waals surface area (Å²) in [6.07, 6.45) is 3.90. The summed E-state index contributed by atoms with van der Waals surface area (Å²) in [5.41, 5.74) is 2.97. The number of aliphatic carboxylic acids is 1. The van der Waals surface area contributed by atoms with E-state index in [2.05, 4.69) is 6.07 Å². The van der Waals surface area contributed by atoms with Crippen molar-refractivity contribution in [3.05, 3.63) is 107 Å². The van der Waals surface area contributed by atoms with Crippen LogP contribution >= 0.6 is 0 Å². The number of aryl methyl sites for hydroxylation is 2. The molecule has 1 aliphatic rings. The van der Waals surface area contributed by atoms with E-state index in [4.69, 9.17) is 23.6 Å². The largest absolute Gasteiger partial charge is 0.497 e. The van der Waals surface area contributed by atoms with Gasteiger partial charge in [-0.3, -0.25) is 4.90 Å². The SMILES string of the molecule is COc1ccc(COC(=O)N(CCC2CCCC(OCc3nc(-c4cccc(C)c4)oc3C)C2)C(C)(Cc2ccccc2)C(=O)O)cc1. The molecule has 1 aliphatic carbocycles. The molecule has 1 saturated carbocycles. The molecular formula is C39H46N2O7. The van der Waals surface area contributed by atoms with Gasteiger partial charge in [-0.05, 0) is 81.3 Å². The zero-order valence-corrected chi connectivity index (χ0v) is 28.3. The van der Waals surface area contributed by atoms with Crippen molar-refractivity contribution in [3.63, 3.8) is 0 Å². The van der Waals surface area contributed by atoms with Crippen molar-refractivity contribution in [2.45, 2.75) is 84.2 Å². The summed E-state index contributed by atoms with van der Waals surface area (Å²) >= 11 is 0. The van der Waals surface area contributed by atoms with Crippen LogP contribution in [0.5, 0.6) is 5.75 Å². The van der Waals surface area contributed by atoms with E-state index < -0.39 is 17.6 Å². The van der Waals surface area contributed by atoms with Crippen molar-refractivity contribution in [1.29, 1.82) is 0 Å². The first kappa shape index (κ1) is 34.7. The lowest BCUT2D eigenvalue weighted by atomic mass is 9.84. The van der Waals surface area contributed by atoms with Gasteiger partial charge in [-0.25, -0.2) is 14.6 Å². The van der Waals surface area contributed by atoms with Gasteiger partial charge in [0.2, 0.25) is 5.89 Å². The average molecular weight is 655 g/mol. The first-order chi connectivity index (χ1) is 23.1. The van der Waals surface area contributed by atoms with E-state index >= 15 is 0 Å². The fourth-order valence-corrected chi connectivity index (χ4v) is 6.39. The smallest absolute Gasteiger partial charge is 0.411 e. The predicted molar refractivity (Wildman–Crippen MR) is 183 cm³/mol. The summed E-state index contributed by atoms with van der Waals surface area (Å²) in [5.74, 6) is 1.22. The minimum atomic E-state index is -1.51. The van der Waals surface area contributed by atoms with Gasteiger partial charge >= 0.3 is 12.1 Å². The number of carboxylic acids is 1. The van der Waals surface area contributed by atoms with Crippen molar-refractivity contribution >= 4 is 12.1 Å². The number of amides is 1. The molecule has 1 amide bonds. The summed E-state index contributed by atoms with van der Waals surface area (Å²) in [5, 5.41) is 10.5. The maximum atomic E-state index is 13.7. The van der Waals surface area contributed by atoms with Gasteiger partial charge < -0.3 is 23.7 Å². The Bertz CT molecular complexity index is 1650. The molecule has 48 heavy (non-hydrogen) atoms. The second-order valence-electron chi connectivity index (χ2n) is 12.9. The number of hydrogen-bond acceptors (Lipinski definition) is 7. The summed E-state index contributed by atoms with van der Waals surface area (Å²) < 4.78 is 23.3. The first-order valence-corrected chi connectivity index (χ1v) is 16.6. The fourth-order valence-electron chi connectivity index (χ4n) is 6.39. The third-order valence-electron chi connectivity index (χ3n) is 9.30. The van der Waals surface area contributed by atoms with Crippen LogP contribution in [-0.2, 0) is 33.9 Å². The molecule has 4 aromatic rings. The van der Waals surface area contributed by atoms with Crippen molar-refractivity contribution in [3.8, 4) is 17.2 Å². The normalized spacial score (nSPS) is 17.3. The van der Waals surface area contributed by atoms with Crippen LogP contribution < -0.4 is 4.74 Å². The highest BCUT2D eigenvalue weighted by molar-refractivity contribution is 5.84. The Morgan fingerprint density at radius 1 is 0.979 bits per heavy atom. The van der Waals surface area contributed by atoms with Gasteiger partial charge in [0.1, 0.15) is 29.3 Å². The monoisotopic (exact) mass is 654 g/mol. The van der Waals surface area contributed by atoms with E-state index in [1.165, 1.54) is 4.90 Å². The van der Waals surface area contributed by atoms with Crippen LogP contribution in [0.2, 0.25) is 0 Å². The Kier molecular flexibility index (Phi) is 11.5. The van der Waals surface area contributed by atoms with Gasteiger partial charge in [0.25, 0.3) is 0 Å². The van der Waals surface area contributed by atoms with Gasteiger partial charge in [-0.2, -0.15) is 0 Å². The number of benzene rings is 3. The fraction of sp³-hybridized carbons (Fsp3) is 0.410. The van der Waals surface area contributed by atoms with E-state index in [0.29, 0.717) is 24.7 Å². The number of rotatable bonds is 14. The molecule has 5 rings (SSSR count).